The number of pyridine rings is 1. The van der Waals surface area contributed by atoms with E-state index >= 15 is 0 Å². The van der Waals surface area contributed by atoms with Crippen LogP contribution in [0.4, 0.5) is 5.82 Å². The third-order valence-corrected chi connectivity index (χ3v) is 5.79. The number of H-pyrrole nitrogens is 1. The van der Waals surface area contributed by atoms with Gasteiger partial charge in [-0.25, -0.2) is 14.5 Å². The third kappa shape index (κ3) is 3.41. The lowest BCUT2D eigenvalue weighted by molar-refractivity contribution is 0.486. The van der Waals surface area contributed by atoms with Gasteiger partial charge in [0.1, 0.15) is 10.5 Å². The van der Waals surface area contributed by atoms with Gasteiger partial charge in [0.05, 0.1) is 12.4 Å². The van der Waals surface area contributed by atoms with Gasteiger partial charge in [0.2, 0.25) is 0 Å². The monoisotopic (exact) mass is 451 g/mol. The van der Waals surface area contributed by atoms with Crippen molar-refractivity contribution in [2.75, 3.05) is 11.9 Å². The minimum absolute atomic E-state index is 0.411. The van der Waals surface area contributed by atoms with Crippen molar-refractivity contribution in [2.45, 2.75) is 6.54 Å². The molecule has 156 valence electrons. The number of aromatic nitrogens is 6. The molecule has 5 aromatic rings. The Morgan fingerprint density at radius 2 is 1.94 bits per heavy atom. The molecule has 0 fully saturated rings. The van der Waals surface area contributed by atoms with Crippen LogP contribution in [0.2, 0.25) is 5.02 Å². The summed E-state index contributed by atoms with van der Waals surface area (Å²) >= 11 is 11.9. The van der Waals surface area contributed by atoms with Crippen LogP contribution in [0.3, 0.4) is 0 Å². The van der Waals surface area contributed by atoms with E-state index in [2.05, 4.69) is 37.1 Å². The Labute approximate surface area is 187 Å². The van der Waals surface area contributed by atoms with Crippen LogP contribution in [0.5, 0.6) is 11.5 Å². The zero-order valence-corrected chi connectivity index (χ0v) is 18.4. The van der Waals surface area contributed by atoms with Gasteiger partial charge in [-0.2, -0.15) is 5.10 Å². The first-order valence-electron chi connectivity index (χ1n) is 9.51. The highest BCUT2D eigenvalue weighted by Crippen LogP contribution is 2.37. The predicted molar refractivity (Wildman–Crippen MR) is 123 cm³/mol. The number of fused-ring (bicyclic) bond motifs is 2. The van der Waals surface area contributed by atoms with Gasteiger partial charge in [-0.1, -0.05) is 41.9 Å². The van der Waals surface area contributed by atoms with Gasteiger partial charge in [-0.3, -0.25) is 0 Å². The molecule has 0 saturated heterocycles. The highest BCUT2D eigenvalue weighted by molar-refractivity contribution is 7.71. The van der Waals surface area contributed by atoms with Crippen molar-refractivity contribution in [2.24, 2.45) is 7.05 Å². The molecular weight excluding hydrogens is 434 g/mol. The highest BCUT2D eigenvalue weighted by Gasteiger charge is 2.19. The van der Waals surface area contributed by atoms with Crippen molar-refractivity contribution < 1.29 is 4.74 Å². The van der Waals surface area contributed by atoms with Crippen LogP contribution in [0.1, 0.15) is 5.56 Å². The summed E-state index contributed by atoms with van der Waals surface area (Å²) in [6, 6.07) is 10.2. The fourth-order valence-corrected chi connectivity index (χ4v) is 4.01. The Morgan fingerprint density at radius 1 is 1.13 bits per heavy atom. The molecule has 31 heavy (non-hydrogen) atoms. The lowest BCUT2D eigenvalue weighted by Gasteiger charge is -2.19. The second kappa shape index (κ2) is 7.68. The number of benzene rings is 1. The molecule has 0 bridgehead atoms. The summed E-state index contributed by atoms with van der Waals surface area (Å²) in [6.45, 7) is 0.688. The predicted octanol–water partition coefficient (Wildman–Crippen LogP) is 4.76. The van der Waals surface area contributed by atoms with Gasteiger partial charge in [0.25, 0.3) is 0 Å². The van der Waals surface area contributed by atoms with E-state index in [1.165, 1.54) is 5.56 Å². The van der Waals surface area contributed by atoms with E-state index in [0.717, 1.165) is 11.3 Å². The van der Waals surface area contributed by atoms with E-state index in [1.807, 2.05) is 32.3 Å². The van der Waals surface area contributed by atoms with Crippen LogP contribution in [-0.4, -0.2) is 36.2 Å². The van der Waals surface area contributed by atoms with Crippen LogP contribution < -0.4 is 9.64 Å². The van der Waals surface area contributed by atoms with E-state index < -0.39 is 0 Å². The van der Waals surface area contributed by atoms with Gasteiger partial charge in [0, 0.05) is 33.0 Å². The Hall–Kier alpha value is -3.43. The summed E-state index contributed by atoms with van der Waals surface area (Å²) in [5.74, 6) is 1.68. The molecule has 1 aromatic carbocycles. The Balaban J connectivity index is 1.56. The van der Waals surface area contributed by atoms with Gasteiger partial charge < -0.3 is 19.2 Å². The molecule has 10 heteroatoms. The first-order chi connectivity index (χ1) is 15.0. The lowest BCUT2D eigenvalue weighted by Crippen LogP contribution is -2.18. The number of rotatable bonds is 5. The quantitative estimate of drug-likeness (QED) is 0.388. The minimum Gasteiger partial charge on any atom is -0.450 e. The molecule has 0 atom stereocenters. The van der Waals surface area contributed by atoms with Crippen LogP contribution in [0.25, 0.3) is 16.7 Å². The molecule has 0 unspecified atom stereocenters. The highest BCUT2D eigenvalue weighted by atomic mass is 35.5. The summed E-state index contributed by atoms with van der Waals surface area (Å²) in [4.78, 5) is 14.1. The maximum atomic E-state index is 6.63. The van der Waals surface area contributed by atoms with Gasteiger partial charge >= 0.3 is 0 Å². The number of halogens is 1. The Morgan fingerprint density at radius 3 is 2.74 bits per heavy atom. The molecule has 8 nitrogen and oxygen atoms in total. The molecule has 4 aromatic heterocycles. The zero-order valence-electron chi connectivity index (χ0n) is 16.8. The zero-order chi connectivity index (χ0) is 21.5. The lowest BCUT2D eigenvalue weighted by atomic mass is 10.2. The van der Waals surface area contributed by atoms with Crippen molar-refractivity contribution in [1.82, 2.24) is 29.1 Å². The molecule has 0 radical (unpaired) electrons. The standard InChI is InChI=1S/C21H18ClN7OS/c1-27(12-13-6-4-3-5-7-13)20-17-15(11-25-29(17)9-8-23-20)30-14-10-24-19-18(16(14)22)28(2)21(31)26-19/h3-11H,12H2,1-2H3,(H,24,26,31). The van der Waals surface area contributed by atoms with Crippen LogP contribution >= 0.6 is 23.8 Å². The number of nitrogens with one attached hydrogen (secondary N) is 1. The van der Waals surface area contributed by atoms with Crippen LogP contribution in [-0.2, 0) is 13.6 Å². The van der Waals surface area contributed by atoms with E-state index in [1.54, 1.807) is 33.9 Å². The number of imidazole rings is 1. The summed E-state index contributed by atoms with van der Waals surface area (Å²) in [5.41, 5.74) is 3.20. The Bertz CT molecular complexity index is 1460. The van der Waals surface area contributed by atoms with Gasteiger partial charge in [-0.05, 0) is 17.8 Å². The molecule has 0 aliphatic heterocycles. The number of anilines is 1. The number of aryl methyl sites for hydroxylation is 1. The van der Waals surface area contributed by atoms with Crippen molar-refractivity contribution in [1.29, 1.82) is 0 Å². The molecule has 0 spiro atoms. The number of hydrogen-bond donors (Lipinski definition) is 1. The molecule has 5 rings (SSSR count). The van der Waals surface area contributed by atoms with E-state index in [4.69, 9.17) is 28.6 Å². The van der Waals surface area contributed by atoms with Crippen LogP contribution in [0, 0.1) is 4.77 Å². The van der Waals surface area contributed by atoms with E-state index in [-0.39, 0.29) is 0 Å². The molecule has 0 amide bonds. The molecule has 0 saturated carbocycles. The van der Waals surface area contributed by atoms with Crippen LogP contribution in [0.15, 0.2) is 55.1 Å². The van der Waals surface area contributed by atoms with Gasteiger partial charge in [-0.15, -0.1) is 0 Å². The first kappa shape index (κ1) is 19.5. The average molecular weight is 452 g/mol. The summed E-state index contributed by atoms with van der Waals surface area (Å²) in [5, 5.41) is 4.83. The average Bonchev–Trinajstić information content (AvgIpc) is 3.31. The number of ether oxygens (including phenoxy) is 1. The molecule has 4 heterocycles. The fraction of sp³-hybridized carbons (Fsp3) is 0.143. The molecule has 0 aliphatic rings. The second-order valence-electron chi connectivity index (χ2n) is 7.12. The number of nitrogens with zero attached hydrogens (tertiary/aromatic N) is 6. The number of aromatic amines is 1. The molecule has 0 aliphatic carbocycles. The largest absolute Gasteiger partial charge is 0.450 e. The fourth-order valence-electron chi connectivity index (χ4n) is 3.52. The van der Waals surface area contributed by atoms with Crippen molar-refractivity contribution in [3.8, 4) is 11.5 Å². The van der Waals surface area contributed by atoms with E-state index in [0.29, 0.717) is 39.0 Å². The van der Waals surface area contributed by atoms with Crippen molar-refractivity contribution in [3.05, 3.63) is 70.5 Å². The Kier molecular flexibility index (Phi) is 4.84. The summed E-state index contributed by atoms with van der Waals surface area (Å²) in [7, 11) is 3.81. The van der Waals surface area contributed by atoms with Crippen molar-refractivity contribution in [3.63, 3.8) is 0 Å². The number of hydrogen-bond acceptors (Lipinski definition) is 6. The van der Waals surface area contributed by atoms with Gasteiger partial charge in [0.15, 0.2) is 33.3 Å². The second-order valence-corrected chi connectivity index (χ2v) is 7.88. The summed E-state index contributed by atoms with van der Waals surface area (Å²) < 4.78 is 10.2. The SMILES string of the molecule is CN(Cc1ccccc1)c1nccn2ncc(Oc3cnc4[nH]c(=S)n(C)c4c3Cl)c12. The third-order valence-electron chi connectivity index (χ3n) is 5.05. The normalized spacial score (nSPS) is 11.3. The van der Waals surface area contributed by atoms with Crippen molar-refractivity contribution >= 4 is 46.3 Å². The maximum Gasteiger partial charge on any atom is 0.179 e. The molecule has 1 N–H and O–H groups in total. The minimum atomic E-state index is 0.411. The topological polar surface area (TPSA) is 76.3 Å². The maximum absolute atomic E-state index is 6.63. The first-order valence-corrected chi connectivity index (χ1v) is 10.3. The molecular formula is C21H18ClN7OS. The smallest absolute Gasteiger partial charge is 0.179 e. The van der Waals surface area contributed by atoms with E-state index in [9.17, 15) is 0 Å². The summed E-state index contributed by atoms with van der Waals surface area (Å²) in [6.07, 6.45) is 6.71.